The average molecular weight is 442 g/mol. The summed E-state index contributed by atoms with van der Waals surface area (Å²) in [6.45, 7) is 1.29. The summed E-state index contributed by atoms with van der Waals surface area (Å²) in [6, 6.07) is 22.7. The molecule has 0 unspecified atom stereocenters. The van der Waals surface area contributed by atoms with Crippen LogP contribution < -0.4 is 14.8 Å². The second-order valence-electron chi connectivity index (χ2n) is 7.06. The van der Waals surface area contributed by atoms with Crippen molar-refractivity contribution in [2.24, 2.45) is 0 Å². The maximum Gasteiger partial charge on any atom is 0.206 e. The summed E-state index contributed by atoms with van der Waals surface area (Å²) in [6.07, 6.45) is 0.0988. The molecule has 2 N–H and O–H groups in total. The summed E-state index contributed by atoms with van der Waals surface area (Å²) >= 11 is 0. The molecular weight excluding hydrogens is 414 g/mol. The topological polar surface area (TPSA) is 84.9 Å². The zero-order valence-corrected chi connectivity index (χ0v) is 18.2. The van der Waals surface area contributed by atoms with Crippen molar-refractivity contribution in [3.8, 4) is 11.5 Å². The van der Waals surface area contributed by atoms with Gasteiger partial charge >= 0.3 is 0 Å². The second kappa shape index (κ2) is 10.9. The lowest BCUT2D eigenvalue weighted by atomic mass is 10.1. The van der Waals surface area contributed by atoms with E-state index in [1.54, 1.807) is 30.3 Å². The molecule has 0 aliphatic rings. The van der Waals surface area contributed by atoms with E-state index in [4.69, 9.17) is 9.47 Å². The molecule has 164 valence electrons. The van der Waals surface area contributed by atoms with Gasteiger partial charge in [0.15, 0.2) is 0 Å². The van der Waals surface area contributed by atoms with Crippen molar-refractivity contribution in [2.45, 2.75) is 22.3 Å². The lowest BCUT2D eigenvalue weighted by molar-refractivity contribution is 0.106. The monoisotopic (exact) mass is 441 g/mol. The van der Waals surface area contributed by atoms with E-state index in [1.807, 2.05) is 42.5 Å². The molecule has 0 saturated carbocycles. The fourth-order valence-corrected chi connectivity index (χ4v) is 4.30. The lowest BCUT2D eigenvalue weighted by Crippen LogP contribution is -2.32. The van der Waals surface area contributed by atoms with Crippen LogP contribution in [-0.4, -0.2) is 46.4 Å². The number of aliphatic hydroxyl groups is 1. The maximum absolute atomic E-state index is 12.8. The molecule has 0 aliphatic carbocycles. The summed E-state index contributed by atoms with van der Waals surface area (Å²) in [4.78, 5) is 0.443. The van der Waals surface area contributed by atoms with Crippen LogP contribution in [0.15, 0.2) is 88.7 Å². The van der Waals surface area contributed by atoms with Crippen LogP contribution in [0.1, 0.15) is 5.56 Å². The molecule has 3 aromatic rings. The highest BCUT2D eigenvalue weighted by molar-refractivity contribution is 7.91. The van der Waals surface area contributed by atoms with Crippen LogP contribution in [0, 0.1) is 0 Å². The van der Waals surface area contributed by atoms with Crippen molar-refractivity contribution in [3.05, 3.63) is 84.4 Å². The van der Waals surface area contributed by atoms with Crippen LogP contribution >= 0.6 is 0 Å². The molecular formula is C24H27NO5S. The molecule has 0 radical (unpaired) electrons. The van der Waals surface area contributed by atoms with Gasteiger partial charge in [-0.25, -0.2) is 8.42 Å². The van der Waals surface area contributed by atoms with Crippen LogP contribution in [0.5, 0.6) is 11.5 Å². The molecule has 6 nitrogen and oxygen atoms in total. The Morgan fingerprint density at radius 1 is 0.903 bits per heavy atom. The predicted molar refractivity (Wildman–Crippen MR) is 119 cm³/mol. The molecule has 31 heavy (non-hydrogen) atoms. The molecule has 1 atom stereocenters. The van der Waals surface area contributed by atoms with Crippen molar-refractivity contribution in [1.29, 1.82) is 0 Å². The quantitative estimate of drug-likeness (QED) is 0.445. The smallest absolute Gasteiger partial charge is 0.206 e. The summed E-state index contributed by atoms with van der Waals surface area (Å²) in [5, 5.41) is 13.2. The van der Waals surface area contributed by atoms with Gasteiger partial charge < -0.3 is 19.9 Å². The number of benzene rings is 3. The van der Waals surface area contributed by atoms with Gasteiger partial charge in [-0.1, -0.05) is 36.4 Å². The van der Waals surface area contributed by atoms with Crippen molar-refractivity contribution >= 4 is 9.84 Å². The Kier molecular flexibility index (Phi) is 8.06. The standard InChI is InChI=1S/C24H27NO5S/c1-29-22-8-5-9-24(16-22)31(27,28)23-12-10-19(11-13-23)14-15-25-17-20(26)18-30-21-6-3-2-4-7-21/h2-13,16,20,25-26H,14-15,17-18H2,1H3/t20-/m0/s1. The van der Waals surface area contributed by atoms with Gasteiger partial charge in [0.1, 0.15) is 24.2 Å². The van der Waals surface area contributed by atoms with E-state index in [1.165, 1.54) is 13.2 Å². The van der Waals surface area contributed by atoms with Gasteiger partial charge in [-0.2, -0.15) is 0 Å². The minimum atomic E-state index is -3.60. The Morgan fingerprint density at radius 2 is 1.61 bits per heavy atom. The number of para-hydroxylation sites is 1. The highest BCUT2D eigenvalue weighted by Gasteiger charge is 2.18. The number of ether oxygens (including phenoxy) is 2. The number of methoxy groups -OCH3 is 1. The third-order valence-corrected chi connectivity index (χ3v) is 6.51. The van der Waals surface area contributed by atoms with E-state index >= 15 is 0 Å². The summed E-state index contributed by atoms with van der Waals surface area (Å²) in [5.41, 5.74) is 1.01. The summed E-state index contributed by atoms with van der Waals surface area (Å²) < 4.78 is 36.3. The van der Waals surface area contributed by atoms with Crippen molar-refractivity contribution < 1.29 is 23.0 Å². The lowest BCUT2D eigenvalue weighted by Gasteiger charge is -2.13. The largest absolute Gasteiger partial charge is 0.497 e. The van der Waals surface area contributed by atoms with Gasteiger partial charge in [-0.15, -0.1) is 0 Å². The Bertz CT molecular complexity index is 1050. The molecule has 3 rings (SSSR count). The number of aliphatic hydroxyl groups excluding tert-OH is 1. The minimum absolute atomic E-state index is 0.202. The van der Waals surface area contributed by atoms with Crippen LogP contribution in [0.3, 0.4) is 0 Å². The number of sulfone groups is 1. The van der Waals surface area contributed by atoms with Gasteiger partial charge in [-0.3, -0.25) is 0 Å². The third kappa shape index (κ3) is 6.55. The Hall–Kier alpha value is -2.87. The van der Waals surface area contributed by atoms with Crippen LogP contribution in [0.2, 0.25) is 0 Å². The molecule has 0 aromatic heterocycles. The number of rotatable bonds is 11. The molecule has 0 spiro atoms. The summed E-state index contributed by atoms with van der Waals surface area (Å²) in [5.74, 6) is 1.23. The average Bonchev–Trinajstić information content (AvgIpc) is 2.81. The van der Waals surface area contributed by atoms with Gasteiger partial charge in [-0.05, 0) is 61.0 Å². The first-order chi connectivity index (χ1) is 15.0. The first-order valence-electron chi connectivity index (χ1n) is 10.0. The number of hydrogen-bond donors (Lipinski definition) is 2. The normalized spacial score (nSPS) is 12.3. The predicted octanol–water partition coefficient (Wildman–Crippen LogP) is 3.10. The summed E-state index contributed by atoms with van der Waals surface area (Å²) in [7, 11) is -2.09. The van der Waals surface area contributed by atoms with Crippen LogP contribution in [-0.2, 0) is 16.3 Å². The number of hydrogen-bond acceptors (Lipinski definition) is 6. The number of nitrogens with one attached hydrogen (secondary N) is 1. The zero-order valence-electron chi connectivity index (χ0n) is 17.4. The van der Waals surface area contributed by atoms with E-state index in [2.05, 4.69) is 5.32 Å². The molecule has 0 aliphatic heterocycles. The van der Waals surface area contributed by atoms with E-state index < -0.39 is 15.9 Å². The van der Waals surface area contributed by atoms with Gasteiger partial charge in [0.2, 0.25) is 9.84 Å². The van der Waals surface area contributed by atoms with Crippen molar-refractivity contribution in [3.63, 3.8) is 0 Å². The van der Waals surface area contributed by atoms with Crippen molar-refractivity contribution in [1.82, 2.24) is 5.32 Å². The van der Waals surface area contributed by atoms with Crippen LogP contribution in [0.25, 0.3) is 0 Å². The Labute approximate surface area is 183 Å². The first kappa shape index (κ1) is 22.8. The third-order valence-electron chi connectivity index (χ3n) is 4.74. The Morgan fingerprint density at radius 3 is 2.32 bits per heavy atom. The van der Waals surface area contributed by atoms with Gasteiger partial charge in [0.05, 0.1) is 16.9 Å². The zero-order chi connectivity index (χ0) is 22.1. The molecule has 0 heterocycles. The maximum atomic E-state index is 12.8. The first-order valence-corrected chi connectivity index (χ1v) is 11.5. The van der Waals surface area contributed by atoms with Crippen LogP contribution in [0.4, 0.5) is 0 Å². The van der Waals surface area contributed by atoms with Crippen molar-refractivity contribution in [2.75, 3.05) is 26.8 Å². The molecule has 0 amide bonds. The molecule has 0 bridgehead atoms. The Balaban J connectivity index is 1.46. The van der Waals surface area contributed by atoms with Gasteiger partial charge in [0, 0.05) is 6.54 Å². The van der Waals surface area contributed by atoms with E-state index in [0.717, 1.165) is 11.3 Å². The van der Waals surface area contributed by atoms with E-state index in [9.17, 15) is 13.5 Å². The molecule has 7 heteroatoms. The fraction of sp³-hybridized carbons (Fsp3) is 0.250. The fourth-order valence-electron chi connectivity index (χ4n) is 3.01. The molecule has 3 aromatic carbocycles. The van der Waals surface area contributed by atoms with E-state index in [0.29, 0.717) is 25.3 Å². The van der Waals surface area contributed by atoms with Gasteiger partial charge in [0.25, 0.3) is 0 Å². The SMILES string of the molecule is COc1cccc(S(=O)(=O)c2ccc(CCNC[C@H](O)COc3ccccc3)cc2)c1. The molecule has 0 saturated heterocycles. The highest BCUT2D eigenvalue weighted by Crippen LogP contribution is 2.24. The second-order valence-corrected chi connectivity index (χ2v) is 9.01. The van der Waals surface area contributed by atoms with E-state index in [-0.39, 0.29) is 16.4 Å². The highest BCUT2D eigenvalue weighted by atomic mass is 32.2. The molecule has 0 fully saturated rings. The minimum Gasteiger partial charge on any atom is -0.497 e.